The van der Waals surface area contributed by atoms with Crippen molar-refractivity contribution >= 4 is 50.1 Å². The monoisotopic (exact) mass is 589 g/mol. The molecule has 2 fully saturated rings. The summed E-state index contributed by atoms with van der Waals surface area (Å²) in [6.07, 6.45) is 7.29. The molecule has 2 aliphatic rings. The lowest BCUT2D eigenvalue weighted by atomic mass is 9.74. The maximum atomic E-state index is 11.7. The maximum absolute atomic E-state index is 11.7. The quantitative estimate of drug-likeness (QED) is 0.341. The molecule has 2 saturated heterocycles. The summed E-state index contributed by atoms with van der Waals surface area (Å²) in [4.78, 5) is 15.2. The van der Waals surface area contributed by atoms with Gasteiger partial charge in [0, 0.05) is 79.0 Å². The van der Waals surface area contributed by atoms with E-state index in [2.05, 4.69) is 30.0 Å². The normalized spacial score (nSPS) is 17.6. The lowest BCUT2D eigenvalue weighted by Crippen LogP contribution is -2.73. The fourth-order valence-corrected chi connectivity index (χ4v) is 6.89. The maximum Gasteiger partial charge on any atom is 0.225 e. The van der Waals surface area contributed by atoms with Crippen LogP contribution in [-0.4, -0.2) is 77.4 Å². The molecule has 2 aliphatic heterocycles. The first-order valence-corrected chi connectivity index (χ1v) is 14.7. The fourth-order valence-electron chi connectivity index (χ4n) is 5.20. The van der Waals surface area contributed by atoms with Crippen LogP contribution in [0.25, 0.3) is 22.2 Å². The van der Waals surface area contributed by atoms with E-state index in [0.717, 1.165) is 29.6 Å². The highest BCUT2D eigenvalue weighted by Crippen LogP contribution is 2.43. The molecule has 1 N–H and O–H groups in total. The van der Waals surface area contributed by atoms with Crippen LogP contribution >= 0.6 is 23.2 Å². The molecule has 39 heavy (non-hydrogen) atoms. The van der Waals surface area contributed by atoms with Crippen molar-refractivity contribution in [1.29, 1.82) is 0 Å². The second kappa shape index (κ2) is 9.47. The van der Waals surface area contributed by atoms with Crippen molar-refractivity contribution in [3.8, 4) is 22.8 Å². The highest BCUT2D eigenvalue weighted by atomic mass is 35.5. The molecule has 204 valence electrons. The second-order valence-corrected chi connectivity index (χ2v) is 12.9. The first kappa shape index (κ1) is 26.1. The van der Waals surface area contributed by atoms with Crippen LogP contribution in [0.15, 0.2) is 36.9 Å². The average molecular weight is 590 g/mol. The summed E-state index contributed by atoms with van der Waals surface area (Å²) in [6, 6.07) is 3.67. The number of sulfonamides is 1. The molecule has 0 saturated carbocycles. The molecule has 5 heterocycles. The number of fused-ring (bicyclic) bond motifs is 1. The van der Waals surface area contributed by atoms with Gasteiger partial charge in [-0.3, -0.25) is 10.1 Å². The lowest BCUT2D eigenvalue weighted by molar-refractivity contribution is 0.0389. The summed E-state index contributed by atoms with van der Waals surface area (Å²) in [5, 5.41) is 9.16. The standard InChI is InChI=1S/C25H25Cl2N7O4S/c1-14(22-17(26)8-28-9-18(22)27)38-21-4-16-19(5-20(21)37-2)31-32-23(16)15-6-29-24(30-7-15)33-10-25(11-33)12-34(13-25)39(3,35)36/h4-9,14H,10-13H2,1-3H3,(H,31,32)/t14-/m1/s1. The van der Waals surface area contributed by atoms with Gasteiger partial charge in [-0.1, -0.05) is 23.2 Å². The van der Waals surface area contributed by atoms with Crippen molar-refractivity contribution in [2.24, 2.45) is 5.41 Å². The van der Waals surface area contributed by atoms with Gasteiger partial charge in [0.15, 0.2) is 11.5 Å². The van der Waals surface area contributed by atoms with Crippen molar-refractivity contribution in [1.82, 2.24) is 29.5 Å². The Bertz CT molecular complexity index is 1650. The molecule has 1 atom stereocenters. The Morgan fingerprint density at radius 1 is 1.03 bits per heavy atom. The van der Waals surface area contributed by atoms with E-state index < -0.39 is 16.1 Å². The Labute approximate surface area is 235 Å². The zero-order chi connectivity index (χ0) is 27.5. The number of methoxy groups -OCH3 is 1. The van der Waals surface area contributed by atoms with Gasteiger partial charge < -0.3 is 14.4 Å². The van der Waals surface area contributed by atoms with E-state index in [-0.39, 0.29) is 5.41 Å². The number of nitrogens with one attached hydrogen (secondary N) is 1. The predicted molar refractivity (Wildman–Crippen MR) is 148 cm³/mol. The molecular weight excluding hydrogens is 565 g/mol. The minimum Gasteiger partial charge on any atom is -0.493 e. The number of aromatic nitrogens is 5. The summed E-state index contributed by atoms with van der Waals surface area (Å²) >= 11 is 12.7. The van der Waals surface area contributed by atoms with Gasteiger partial charge in [-0.2, -0.15) is 5.10 Å². The summed E-state index contributed by atoms with van der Waals surface area (Å²) in [5.74, 6) is 1.62. The number of rotatable bonds is 7. The molecule has 1 aromatic carbocycles. The van der Waals surface area contributed by atoms with Crippen LogP contribution in [0, 0.1) is 5.41 Å². The summed E-state index contributed by atoms with van der Waals surface area (Å²) in [5.41, 5.74) is 2.79. The van der Waals surface area contributed by atoms with Gasteiger partial charge in [-0.15, -0.1) is 0 Å². The topological polar surface area (TPSA) is 126 Å². The number of anilines is 1. The number of hydrogen-bond acceptors (Lipinski definition) is 9. The zero-order valence-electron chi connectivity index (χ0n) is 21.4. The highest BCUT2D eigenvalue weighted by Gasteiger charge is 2.54. The Morgan fingerprint density at radius 3 is 2.31 bits per heavy atom. The fraction of sp³-hybridized carbons (Fsp3) is 0.360. The van der Waals surface area contributed by atoms with Crippen LogP contribution in [0.4, 0.5) is 5.95 Å². The minimum absolute atomic E-state index is 0.000812. The van der Waals surface area contributed by atoms with E-state index in [0.29, 0.717) is 51.8 Å². The Balaban J connectivity index is 1.22. The van der Waals surface area contributed by atoms with Crippen molar-refractivity contribution in [3.63, 3.8) is 0 Å². The first-order valence-electron chi connectivity index (χ1n) is 12.1. The van der Waals surface area contributed by atoms with Gasteiger partial charge in [0.1, 0.15) is 11.8 Å². The lowest BCUT2D eigenvalue weighted by Gasteiger charge is -2.59. The van der Waals surface area contributed by atoms with Gasteiger partial charge in [0.2, 0.25) is 16.0 Å². The van der Waals surface area contributed by atoms with Gasteiger partial charge in [-0.25, -0.2) is 22.7 Å². The van der Waals surface area contributed by atoms with Gasteiger partial charge in [-0.05, 0) is 13.0 Å². The Kier molecular flexibility index (Phi) is 6.33. The summed E-state index contributed by atoms with van der Waals surface area (Å²) in [6.45, 7) is 4.40. The molecule has 0 unspecified atom stereocenters. The SMILES string of the molecule is COc1cc2[nH]nc(-c3cnc(N4CC5(C4)CN(S(C)(=O)=O)C5)nc3)c2cc1O[C@H](C)c1c(Cl)cncc1Cl. The van der Waals surface area contributed by atoms with Gasteiger partial charge in [0.05, 0.1) is 28.9 Å². The van der Waals surface area contributed by atoms with Crippen LogP contribution in [0.1, 0.15) is 18.6 Å². The number of benzene rings is 1. The molecule has 4 aromatic rings. The van der Waals surface area contributed by atoms with Crippen LogP contribution in [0.3, 0.4) is 0 Å². The minimum atomic E-state index is -3.13. The van der Waals surface area contributed by atoms with E-state index in [1.54, 1.807) is 19.5 Å². The van der Waals surface area contributed by atoms with Crippen LogP contribution in [-0.2, 0) is 10.0 Å². The third-order valence-electron chi connectivity index (χ3n) is 7.19. The molecular formula is C25H25Cl2N7O4S. The number of nitrogens with zero attached hydrogens (tertiary/aromatic N) is 6. The van der Waals surface area contributed by atoms with Crippen molar-refractivity contribution in [2.75, 3.05) is 44.4 Å². The first-order chi connectivity index (χ1) is 18.6. The smallest absolute Gasteiger partial charge is 0.225 e. The molecule has 0 amide bonds. The number of hydrogen-bond donors (Lipinski definition) is 1. The van der Waals surface area contributed by atoms with Crippen LogP contribution in [0.2, 0.25) is 10.0 Å². The molecule has 6 rings (SSSR count). The van der Waals surface area contributed by atoms with E-state index in [1.807, 2.05) is 19.1 Å². The number of pyridine rings is 1. The molecule has 0 radical (unpaired) electrons. The van der Waals surface area contributed by atoms with Gasteiger partial charge >= 0.3 is 0 Å². The van der Waals surface area contributed by atoms with Gasteiger partial charge in [0.25, 0.3) is 0 Å². The molecule has 0 aliphatic carbocycles. The van der Waals surface area contributed by atoms with E-state index in [9.17, 15) is 8.42 Å². The molecule has 14 heteroatoms. The largest absolute Gasteiger partial charge is 0.493 e. The molecule has 1 spiro atoms. The summed E-state index contributed by atoms with van der Waals surface area (Å²) in [7, 11) is -1.57. The van der Waals surface area contributed by atoms with Crippen molar-refractivity contribution in [3.05, 3.63) is 52.5 Å². The number of halogens is 2. The summed E-state index contributed by atoms with van der Waals surface area (Å²) < 4.78 is 36.7. The average Bonchev–Trinajstić information content (AvgIpc) is 3.24. The number of aromatic amines is 1. The van der Waals surface area contributed by atoms with E-state index in [4.69, 9.17) is 32.7 Å². The predicted octanol–water partition coefficient (Wildman–Crippen LogP) is 3.95. The van der Waals surface area contributed by atoms with Crippen molar-refractivity contribution in [2.45, 2.75) is 13.0 Å². The molecule has 11 nitrogen and oxygen atoms in total. The Morgan fingerprint density at radius 2 is 1.69 bits per heavy atom. The van der Waals surface area contributed by atoms with Crippen LogP contribution < -0.4 is 14.4 Å². The number of ether oxygens (including phenoxy) is 2. The third-order valence-corrected chi connectivity index (χ3v) is 8.99. The Hall–Kier alpha value is -3.19. The second-order valence-electron chi connectivity index (χ2n) is 10.1. The highest BCUT2D eigenvalue weighted by molar-refractivity contribution is 7.88. The third kappa shape index (κ3) is 4.65. The van der Waals surface area contributed by atoms with Crippen molar-refractivity contribution < 1.29 is 17.9 Å². The van der Waals surface area contributed by atoms with E-state index >= 15 is 0 Å². The zero-order valence-corrected chi connectivity index (χ0v) is 23.7. The molecule has 3 aromatic heterocycles. The number of H-pyrrole nitrogens is 1. The van der Waals surface area contributed by atoms with Crippen LogP contribution in [0.5, 0.6) is 11.5 Å². The van der Waals surface area contributed by atoms with E-state index in [1.165, 1.54) is 23.0 Å². The molecule has 0 bridgehead atoms.